The molecule has 0 N–H and O–H groups in total. The van der Waals surface area contributed by atoms with E-state index in [0.29, 0.717) is 21.7 Å². The van der Waals surface area contributed by atoms with Gasteiger partial charge in [-0.15, -0.1) is 0 Å². The Hall–Kier alpha value is -2.31. The molecule has 0 saturated carbocycles. The van der Waals surface area contributed by atoms with E-state index in [0.717, 1.165) is 0 Å². The summed E-state index contributed by atoms with van der Waals surface area (Å²) < 4.78 is 5.37. The van der Waals surface area contributed by atoms with E-state index in [4.69, 9.17) is 21.6 Å². The lowest BCUT2D eigenvalue weighted by molar-refractivity contribution is 0.0338. The molecule has 0 bridgehead atoms. The lowest BCUT2D eigenvalue weighted by Crippen LogP contribution is -2.09. The summed E-state index contributed by atoms with van der Waals surface area (Å²) in [5, 5.41) is 9.21. The van der Waals surface area contributed by atoms with Gasteiger partial charge in [-0.25, -0.2) is 4.79 Å². The fourth-order valence-electron chi connectivity index (χ4n) is 1.79. The maximum Gasteiger partial charge on any atom is 0.338 e. The SMILES string of the molecule is C[C@H](OC(=O)c1ccccc1)c1ccc(C#N)cc1Cl. The first-order chi connectivity index (χ1) is 9.61. The number of nitrogens with zero attached hydrogens (tertiary/aromatic N) is 1. The second kappa shape index (κ2) is 6.23. The van der Waals surface area contributed by atoms with Crippen molar-refractivity contribution in [1.29, 1.82) is 5.26 Å². The highest BCUT2D eigenvalue weighted by molar-refractivity contribution is 6.31. The van der Waals surface area contributed by atoms with Crippen LogP contribution in [0.15, 0.2) is 48.5 Å². The smallest absolute Gasteiger partial charge is 0.338 e. The Bertz CT molecular complexity index is 662. The maximum absolute atomic E-state index is 11.9. The highest BCUT2D eigenvalue weighted by Gasteiger charge is 2.16. The van der Waals surface area contributed by atoms with Crippen LogP contribution in [0.3, 0.4) is 0 Å². The van der Waals surface area contributed by atoms with Crippen LogP contribution in [0.2, 0.25) is 5.02 Å². The number of carbonyl (C=O) groups excluding carboxylic acids is 1. The third-order valence-corrected chi connectivity index (χ3v) is 3.19. The van der Waals surface area contributed by atoms with E-state index in [1.807, 2.05) is 12.1 Å². The van der Waals surface area contributed by atoms with E-state index in [9.17, 15) is 4.79 Å². The number of nitriles is 1. The van der Waals surface area contributed by atoms with Crippen LogP contribution in [0.25, 0.3) is 0 Å². The van der Waals surface area contributed by atoms with Gasteiger partial charge in [0.25, 0.3) is 0 Å². The van der Waals surface area contributed by atoms with Gasteiger partial charge in [0.2, 0.25) is 0 Å². The van der Waals surface area contributed by atoms with Crippen molar-refractivity contribution in [2.75, 3.05) is 0 Å². The van der Waals surface area contributed by atoms with Gasteiger partial charge in [-0.1, -0.05) is 35.9 Å². The molecule has 0 amide bonds. The van der Waals surface area contributed by atoms with Gasteiger partial charge < -0.3 is 4.74 Å². The van der Waals surface area contributed by atoms with Gasteiger partial charge >= 0.3 is 5.97 Å². The van der Waals surface area contributed by atoms with Gasteiger partial charge in [0.1, 0.15) is 6.10 Å². The Morgan fingerprint density at radius 1 is 1.25 bits per heavy atom. The third kappa shape index (κ3) is 3.17. The highest BCUT2D eigenvalue weighted by atomic mass is 35.5. The third-order valence-electron chi connectivity index (χ3n) is 2.86. The Morgan fingerprint density at radius 3 is 2.55 bits per heavy atom. The van der Waals surface area contributed by atoms with Crippen LogP contribution in [0, 0.1) is 11.3 Å². The van der Waals surface area contributed by atoms with Crippen molar-refractivity contribution in [2.24, 2.45) is 0 Å². The molecule has 0 radical (unpaired) electrons. The van der Waals surface area contributed by atoms with Crippen molar-refractivity contribution in [3.05, 3.63) is 70.2 Å². The minimum atomic E-state index is -0.483. The molecule has 0 aliphatic rings. The molecular weight excluding hydrogens is 274 g/mol. The Labute approximate surface area is 122 Å². The molecule has 2 rings (SSSR count). The van der Waals surface area contributed by atoms with E-state index in [2.05, 4.69) is 0 Å². The van der Waals surface area contributed by atoms with Crippen molar-refractivity contribution in [3.8, 4) is 6.07 Å². The molecule has 100 valence electrons. The minimum Gasteiger partial charge on any atom is -0.454 e. The predicted octanol–water partition coefficient (Wildman–Crippen LogP) is 4.13. The molecular formula is C16H12ClNO2. The predicted molar refractivity (Wildman–Crippen MR) is 76.4 cm³/mol. The summed E-state index contributed by atoms with van der Waals surface area (Å²) in [6.45, 7) is 1.74. The molecule has 2 aromatic carbocycles. The largest absolute Gasteiger partial charge is 0.454 e. The van der Waals surface area contributed by atoms with Gasteiger partial charge in [0, 0.05) is 10.6 Å². The van der Waals surface area contributed by atoms with Crippen LogP contribution >= 0.6 is 11.6 Å². The van der Waals surface area contributed by atoms with Gasteiger partial charge in [0.05, 0.1) is 17.2 Å². The van der Waals surface area contributed by atoms with Gasteiger partial charge in [0.15, 0.2) is 0 Å². The Morgan fingerprint density at radius 2 is 1.95 bits per heavy atom. The number of benzene rings is 2. The number of carbonyl (C=O) groups is 1. The Kier molecular flexibility index (Phi) is 4.39. The summed E-state index contributed by atoms with van der Waals surface area (Å²) in [6, 6.07) is 15.7. The molecule has 0 fully saturated rings. The molecule has 3 nitrogen and oxygen atoms in total. The molecule has 0 spiro atoms. The Balaban J connectivity index is 2.15. The number of esters is 1. The van der Waals surface area contributed by atoms with Crippen molar-refractivity contribution < 1.29 is 9.53 Å². The lowest BCUT2D eigenvalue weighted by Gasteiger charge is -2.15. The minimum absolute atomic E-state index is 0.404. The van der Waals surface area contributed by atoms with Crippen molar-refractivity contribution >= 4 is 17.6 Å². The van der Waals surface area contributed by atoms with E-state index in [1.54, 1.807) is 49.4 Å². The zero-order valence-corrected chi connectivity index (χ0v) is 11.6. The molecule has 1 atom stereocenters. The molecule has 2 aromatic rings. The van der Waals surface area contributed by atoms with E-state index in [1.165, 1.54) is 0 Å². The standard InChI is InChI=1S/C16H12ClNO2/c1-11(14-8-7-12(10-18)9-15(14)17)20-16(19)13-5-3-2-4-6-13/h2-9,11H,1H3/t11-/m0/s1. The van der Waals surface area contributed by atoms with E-state index >= 15 is 0 Å². The number of hydrogen-bond donors (Lipinski definition) is 0. The summed E-state index contributed by atoms with van der Waals surface area (Å²) >= 11 is 6.09. The number of rotatable bonds is 3. The topological polar surface area (TPSA) is 50.1 Å². The van der Waals surface area contributed by atoms with Crippen LogP contribution in [-0.4, -0.2) is 5.97 Å². The van der Waals surface area contributed by atoms with Crippen molar-refractivity contribution in [2.45, 2.75) is 13.0 Å². The van der Waals surface area contributed by atoms with Gasteiger partial charge in [-0.05, 0) is 31.2 Å². The molecule has 4 heteroatoms. The maximum atomic E-state index is 11.9. The number of ether oxygens (including phenoxy) is 1. The highest BCUT2D eigenvalue weighted by Crippen LogP contribution is 2.27. The zero-order chi connectivity index (χ0) is 14.5. The average molecular weight is 286 g/mol. The monoisotopic (exact) mass is 285 g/mol. The van der Waals surface area contributed by atoms with Crippen molar-refractivity contribution in [3.63, 3.8) is 0 Å². The number of hydrogen-bond acceptors (Lipinski definition) is 3. The van der Waals surface area contributed by atoms with Crippen LogP contribution in [0.5, 0.6) is 0 Å². The number of halogens is 1. The molecule has 0 aliphatic carbocycles. The molecule has 0 saturated heterocycles. The second-order valence-corrected chi connectivity index (χ2v) is 4.67. The average Bonchev–Trinajstić information content (AvgIpc) is 2.47. The van der Waals surface area contributed by atoms with E-state index < -0.39 is 12.1 Å². The lowest BCUT2D eigenvalue weighted by atomic mass is 10.1. The molecule has 0 heterocycles. The molecule has 0 unspecified atom stereocenters. The summed E-state index contributed by atoms with van der Waals surface area (Å²) in [7, 11) is 0. The fraction of sp³-hybridized carbons (Fsp3) is 0.125. The fourth-order valence-corrected chi connectivity index (χ4v) is 2.13. The normalized spacial score (nSPS) is 11.4. The van der Waals surface area contributed by atoms with Gasteiger partial charge in [-0.2, -0.15) is 5.26 Å². The van der Waals surface area contributed by atoms with E-state index in [-0.39, 0.29) is 0 Å². The first kappa shape index (κ1) is 14.1. The first-order valence-corrected chi connectivity index (χ1v) is 6.45. The van der Waals surface area contributed by atoms with Crippen LogP contribution in [0.4, 0.5) is 0 Å². The van der Waals surface area contributed by atoms with Crippen molar-refractivity contribution in [1.82, 2.24) is 0 Å². The second-order valence-electron chi connectivity index (χ2n) is 4.26. The summed E-state index contributed by atoms with van der Waals surface area (Å²) in [6.07, 6.45) is -0.483. The summed E-state index contributed by atoms with van der Waals surface area (Å²) in [4.78, 5) is 11.9. The molecule has 20 heavy (non-hydrogen) atoms. The molecule has 0 aromatic heterocycles. The van der Waals surface area contributed by atoms with Crippen LogP contribution < -0.4 is 0 Å². The van der Waals surface area contributed by atoms with Crippen LogP contribution in [0.1, 0.15) is 34.5 Å². The van der Waals surface area contributed by atoms with Gasteiger partial charge in [-0.3, -0.25) is 0 Å². The quantitative estimate of drug-likeness (QED) is 0.797. The summed E-state index contributed by atoms with van der Waals surface area (Å²) in [5.74, 6) is -0.404. The van der Waals surface area contributed by atoms with Crippen LogP contribution in [-0.2, 0) is 4.74 Å². The molecule has 0 aliphatic heterocycles. The zero-order valence-electron chi connectivity index (χ0n) is 10.8. The first-order valence-electron chi connectivity index (χ1n) is 6.07. The summed E-state index contributed by atoms with van der Waals surface area (Å²) in [5.41, 5.74) is 1.64.